The predicted molar refractivity (Wildman–Crippen MR) is 82.2 cm³/mol. The molecule has 2 aliphatic heterocycles. The van der Waals surface area contributed by atoms with Crippen LogP contribution in [-0.2, 0) is 16.1 Å². The van der Waals surface area contributed by atoms with Gasteiger partial charge in [0.05, 0.1) is 34.6 Å². The van der Waals surface area contributed by atoms with Crippen molar-refractivity contribution in [3.05, 3.63) is 16.7 Å². The highest BCUT2D eigenvalue weighted by atomic mass is 32.2. The lowest BCUT2D eigenvalue weighted by Gasteiger charge is -2.12. The molecule has 110 valence electrons. The summed E-state index contributed by atoms with van der Waals surface area (Å²) in [6, 6.07) is 0. The summed E-state index contributed by atoms with van der Waals surface area (Å²) >= 11 is 2.88. The molecule has 4 heterocycles. The molecule has 0 saturated carbocycles. The van der Waals surface area contributed by atoms with E-state index in [1.165, 1.54) is 23.1 Å². The van der Waals surface area contributed by atoms with Gasteiger partial charge in [-0.1, -0.05) is 0 Å². The lowest BCUT2D eigenvalue weighted by atomic mass is 10.2. The molecule has 2 aromatic heterocycles. The van der Waals surface area contributed by atoms with Crippen molar-refractivity contribution in [3.8, 4) is 0 Å². The third-order valence-corrected chi connectivity index (χ3v) is 6.09. The predicted octanol–water partition coefficient (Wildman–Crippen LogP) is 1.68. The Labute approximate surface area is 128 Å². The minimum Gasteiger partial charge on any atom is -0.376 e. The molecule has 1 N–H and O–H groups in total. The lowest BCUT2D eigenvalue weighted by molar-refractivity contribution is -0.113. The second-order valence-electron chi connectivity index (χ2n) is 5.12. The van der Waals surface area contributed by atoms with Crippen molar-refractivity contribution in [2.75, 3.05) is 17.7 Å². The Hall–Kier alpha value is -1.38. The van der Waals surface area contributed by atoms with Crippen molar-refractivity contribution in [2.45, 2.75) is 29.7 Å². The minimum absolute atomic E-state index is 0.0439. The van der Waals surface area contributed by atoms with Gasteiger partial charge in [-0.15, -0.1) is 23.1 Å². The molecule has 21 heavy (non-hydrogen) atoms. The summed E-state index contributed by atoms with van der Waals surface area (Å²) in [5, 5.41) is 2.82. The molecule has 0 aliphatic carbocycles. The second kappa shape index (κ2) is 5.11. The molecular weight excluding hydrogens is 310 g/mol. The zero-order valence-electron chi connectivity index (χ0n) is 11.1. The Morgan fingerprint density at radius 2 is 2.38 bits per heavy atom. The molecule has 1 saturated heterocycles. The van der Waals surface area contributed by atoms with Crippen LogP contribution >= 0.6 is 23.1 Å². The maximum Gasteiger partial charge on any atom is 0.271 e. The van der Waals surface area contributed by atoms with Gasteiger partial charge in [-0.25, -0.2) is 4.98 Å². The molecule has 0 bridgehead atoms. The third kappa shape index (κ3) is 2.27. The number of ether oxygens (including phenoxy) is 1. The first-order valence-corrected chi connectivity index (χ1v) is 8.59. The number of thiophene rings is 1. The van der Waals surface area contributed by atoms with E-state index in [2.05, 4.69) is 10.3 Å². The van der Waals surface area contributed by atoms with Gasteiger partial charge >= 0.3 is 0 Å². The summed E-state index contributed by atoms with van der Waals surface area (Å²) in [6.07, 6.45) is 3.69. The average molecular weight is 323 g/mol. The number of carbonyl (C=O) groups excluding carboxylic acids is 1. The number of nitrogens with zero attached hydrogens (tertiary/aromatic N) is 2. The molecule has 8 heteroatoms. The molecule has 2 aromatic rings. The van der Waals surface area contributed by atoms with E-state index in [4.69, 9.17) is 4.74 Å². The van der Waals surface area contributed by atoms with Gasteiger partial charge < -0.3 is 10.1 Å². The molecule has 0 radical (unpaired) electrons. The highest BCUT2D eigenvalue weighted by Gasteiger charge is 2.24. The molecule has 0 aromatic carbocycles. The third-order valence-electron chi connectivity index (χ3n) is 3.66. The normalized spacial score (nSPS) is 21.5. The first kappa shape index (κ1) is 13.3. The number of fused-ring (bicyclic) bond motifs is 3. The van der Waals surface area contributed by atoms with Crippen LogP contribution in [0.2, 0.25) is 0 Å². The van der Waals surface area contributed by atoms with Crippen molar-refractivity contribution in [1.82, 2.24) is 9.55 Å². The van der Waals surface area contributed by atoms with Gasteiger partial charge in [0.2, 0.25) is 5.91 Å². The SMILES string of the molecule is O=C1CSc2sc3c(=O)n(CC4CCCO4)cnc3c2N1. The maximum atomic E-state index is 12.6. The van der Waals surface area contributed by atoms with Gasteiger partial charge in [-0.05, 0) is 12.8 Å². The fourth-order valence-corrected chi connectivity index (χ4v) is 4.82. The molecular formula is C13H13N3O3S2. The van der Waals surface area contributed by atoms with Crippen LogP contribution in [0.4, 0.5) is 5.69 Å². The van der Waals surface area contributed by atoms with E-state index in [0.717, 1.165) is 23.7 Å². The monoisotopic (exact) mass is 323 g/mol. The van der Waals surface area contributed by atoms with Crippen LogP contribution in [-0.4, -0.2) is 33.9 Å². The summed E-state index contributed by atoms with van der Waals surface area (Å²) in [6.45, 7) is 1.31. The average Bonchev–Trinajstić information content (AvgIpc) is 3.09. The summed E-state index contributed by atoms with van der Waals surface area (Å²) in [5.41, 5.74) is 1.24. The zero-order chi connectivity index (χ0) is 14.4. The lowest BCUT2D eigenvalue weighted by Crippen LogP contribution is -2.26. The largest absolute Gasteiger partial charge is 0.376 e. The number of anilines is 1. The van der Waals surface area contributed by atoms with Gasteiger partial charge in [0.1, 0.15) is 10.2 Å². The van der Waals surface area contributed by atoms with Gasteiger partial charge in [0, 0.05) is 6.61 Å². The van der Waals surface area contributed by atoms with E-state index >= 15 is 0 Å². The minimum atomic E-state index is -0.0512. The maximum absolute atomic E-state index is 12.6. The van der Waals surface area contributed by atoms with Gasteiger partial charge in [0.15, 0.2) is 0 Å². The summed E-state index contributed by atoms with van der Waals surface area (Å²) < 4.78 is 8.76. The number of amides is 1. The standard InChI is InChI=1S/C13H13N3O3S2/c17-8-5-20-13-10(15-8)9-11(21-13)12(18)16(6-14-9)4-7-2-1-3-19-7/h6-7H,1-5H2,(H,15,17). The van der Waals surface area contributed by atoms with E-state index in [9.17, 15) is 9.59 Å². The molecule has 1 amide bonds. The Kier molecular flexibility index (Phi) is 3.24. The van der Waals surface area contributed by atoms with Crippen LogP contribution in [0.25, 0.3) is 10.2 Å². The quantitative estimate of drug-likeness (QED) is 0.910. The van der Waals surface area contributed by atoms with Crippen LogP contribution < -0.4 is 10.9 Å². The number of aromatic nitrogens is 2. The fourth-order valence-electron chi connectivity index (χ4n) is 2.64. The van der Waals surface area contributed by atoms with E-state index < -0.39 is 0 Å². The summed E-state index contributed by atoms with van der Waals surface area (Å²) in [4.78, 5) is 28.4. The molecule has 1 atom stereocenters. The highest BCUT2D eigenvalue weighted by molar-refractivity contribution is 8.02. The number of thioether (sulfide) groups is 1. The molecule has 2 aliphatic rings. The van der Waals surface area contributed by atoms with Gasteiger partial charge in [0.25, 0.3) is 5.56 Å². The van der Waals surface area contributed by atoms with Gasteiger partial charge in [-0.3, -0.25) is 14.2 Å². The van der Waals surface area contributed by atoms with Crippen molar-refractivity contribution in [2.24, 2.45) is 0 Å². The van der Waals surface area contributed by atoms with Crippen molar-refractivity contribution < 1.29 is 9.53 Å². The van der Waals surface area contributed by atoms with E-state index in [0.29, 0.717) is 28.2 Å². The van der Waals surface area contributed by atoms with Crippen LogP contribution in [0.3, 0.4) is 0 Å². The van der Waals surface area contributed by atoms with Crippen molar-refractivity contribution in [1.29, 1.82) is 0 Å². The van der Waals surface area contributed by atoms with Crippen LogP contribution in [0, 0.1) is 0 Å². The smallest absolute Gasteiger partial charge is 0.271 e. The van der Waals surface area contributed by atoms with E-state index in [1.807, 2.05) is 0 Å². The Morgan fingerprint density at radius 1 is 1.48 bits per heavy atom. The number of carbonyl (C=O) groups is 1. The Balaban J connectivity index is 1.77. The molecule has 4 rings (SSSR count). The van der Waals surface area contributed by atoms with Crippen LogP contribution in [0.15, 0.2) is 15.3 Å². The Morgan fingerprint density at radius 3 is 3.19 bits per heavy atom. The first-order valence-electron chi connectivity index (χ1n) is 6.78. The Bertz CT molecular complexity index is 777. The fraction of sp³-hybridized carbons (Fsp3) is 0.462. The first-order chi connectivity index (χ1) is 10.2. The number of rotatable bonds is 2. The van der Waals surface area contributed by atoms with Crippen molar-refractivity contribution >= 4 is 44.9 Å². The number of hydrogen-bond donors (Lipinski definition) is 1. The highest BCUT2D eigenvalue weighted by Crippen LogP contribution is 2.42. The van der Waals surface area contributed by atoms with Crippen LogP contribution in [0.5, 0.6) is 0 Å². The summed E-state index contributed by atoms with van der Waals surface area (Å²) in [7, 11) is 0. The van der Waals surface area contributed by atoms with Crippen molar-refractivity contribution in [3.63, 3.8) is 0 Å². The van der Waals surface area contributed by atoms with E-state index in [1.54, 1.807) is 10.9 Å². The topological polar surface area (TPSA) is 73.2 Å². The molecule has 0 spiro atoms. The zero-order valence-corrected chi connectivity index (χ0v) is 12.8. The van der Waals surface area contributed by atoms with E-state index in [-0.39, 0.29) is 17.6 Å². The summed E-state index contributed by atoms with van der Waals surface area (Å²) in [5.74, 6) is 0.349. The van der Waals surface area contributed by atoms with Crippen LogP contribution in [0.1, 0.15) is 12.8 Å². The molecule has 1 unspecified atom stereocenters. The second-order valence-corrected chi connectivity index (χ2v) is 7.38. The molecule has 6 nitrogen and oxygen atoms in total. The number of hydrogen-bond acceptors (Lipinski definition) is 6. The van der Waals surface area contributed by atoms with Gasteiger partial charge in [-0.2, -0.15) is 0 Å². The number of nitrogens with one attached hydrogen (secondary N) is 1. The molecule has 1 fully saturated rings.